The molecule has 0 unspecified atom stereocenters. The third-order valence-electron chi connectivity index (χ3n) is 4.52. The molecule has 0 aromatic heterocycles. The second kappa shape index (κ2) is 8.00. The lowest BCUT2D eigenvalue weighted by Crippen LogP contribution is -2.43. The number of sulfonamides is 1. The molecule has 3 rings (SSSR count). The number of hydrogen-bond acceptors (Lipinski definition) is 5. The molecule has 0 radical (unpaired) electrons. The minimum absolute atomic E-state index is 0.00499. The van der Waals surface area contributed by atoms with Gasteiger partial charge in [-0.05, 0) is 55.5 Å². The Morgan fingerprint density at radius 2 is 1.71 bits per heavy atom. The molecular formula is C19H19ClN2O5S. The van der Waals surface area contributed by atoms with Crippen molar-refractivity contribution >= 4 is 39.0 Å². The van der Waals surface area contributed by atoms with Crippen LogP contribution in [-0.4, -0.2) is 48.2 Å². The van der Waals surface area contributed by atoms with Crippen LogP contribution >= 0.6 is 11.6 Å². The Bertz CT molecular complexity index is 990. The molecule has 0 saturated carbocycles. The van der Waals surface area contributed by atoms with Gasteiger partial charge in [0, 0.05) is 29.2 Å². The van der Waals surface area contributed by atoms with Crippen LogP contribution in [0.4, 0.5) is 5.69 Å². The summed E-state index contributed by atoms with van der Waals surface area (Å²) in [4.78, 5) is 24.0. The first-order chi connectivity index (χ1) is 13.2. The van der Waals surface area contributed by atoms with Gasteiger partial charge in [0.2, 0.25) is 15.9 Å². The van der Waals surface area contributed by atoms with Crippen molar-refractivity contribution in [1.29, 1.82) is 0 Å². The quantitative estimate of drug-likeness (QED) is 0.719. The Hall–Kier alpha value is -2.26. The molecule has 9 heteroatoms. The lowest BCUT2D eigenvalue weighted by molar-refractivity contribution is -0.119. The summed E-state index contributed by atoms with van der Waals surface area (Å²) >= 11 is 5.81. The molecule has 1 saturated heterocycles. The molecule has 2 N–H and O–H groups in total. The van der Waals surface area contributed by atoms with Gasteiger partial charge >= 0.3 is 0 Å². The summed E-state index contributed by atoms with van der Waals surface area (Å²) < 4.78 is 26.9. The number of aliphatic hydroxyl groups excluding tert-OH is 1. The maximum Gasteiger partial charge on any atom is 0.243 e. The zero-order chi connectivity index (χ0) is 20.5. The molecule has 0 spiro atoms. The predicted octanol–water partition coefficient (Wildman–Crippen LogP) is 2.31. The first-order valence-corrected chi connectivity index (χ1v) is 10.4. The van der Waals surface area contributed by atoms with Crippen LogP contribution in [0.25, 0.3) is 0 Å². The smallest absolute Gasteiger partial charge is 0.243 e. The second-order valence-corrected chi connectivity index (χ2v) is 8.88. The third-order valence-corrected chi connectivity index (χ3v) is 6.66. The normalized spacial score (nSPS) is 20.1. The average molecular weight is 423 g/mol. The lowest BCUT2D eigenvalue weighted by Gasteiger charge is -2.23. The van der Waals surface area contributed by atoms with Crippen molar-refractivity contribution in [2.45, 2.75) is 30.4 Å². The topological polar surface area (TPSA) is 104 Å². The van der Waals surface area contributed by atoms with Gasteiger partial charge in [-0.1, -0.05) is 11.6 Å². The van der Waals surface area contributed by atoms with Gasteiger partial charge in [-0.25, -0.2) is 8.42 Å². The standard InChI is InChI=1S/C19H19ClN2O5S/c1-12(23)13-2-6-15(7-3-13)21-19(25)18-10-16(24)11-22(18)28(26,27)17-8-4-14(20)5-9-17/h2-9,16,18,24H,10-11H2,1H3,(H,21,25)/t16-,18-/m1/s1. The number of rotatable bonds is 5. The zero-order valence-corrected chi connectivity index (χ0v) is 16.6. The fourth-order valence-corrected chi connectivity index (χ4v) is 4.81. The number of Topliss-reactive ketones (excluding diaryl/α,β-unsaturated/α-hetero) is 1. The number of benzene rings is 2. The van der Waals surface area contributed by atoms with Crippen LogP contribution in [-0.2, 0) is 14.8 Å². The van der Waals surface area contributed by atoms with E-state index >= 15 is 0 Å². The van der Waals surface area contributed by atoms with Gasteiger partial charge in [-0.2, -0.15) is 4.31 Å². The van der Waals surface area contributed by atoms with E-state index in [9.17, 15) is 23.1 Å². The molecule has 0 bridgehead atoms. The molecule has 1 aliphatic rings. The third kappa shape index (κ3) is 4.25. The van der Waals surface area contributed by atoms with E-state index in [0.717, 1.165) is 4.31 Å². The minimum atomic E-state index is -3.98. The van der Waals surface area contributed by atoms with Gasteiger partial charge in [0.25, 0.3) is 0 Å². The van der Waals surface area contributed by atoms with E-state index in [1.807, 2.05) is 0 Å². The molecule has 2 aromatic carbocycles. The van der Waals surface area contributed by atoms with Crippen LogP contribution in [0.2, 0.25) is 5.02 Å². The van der Waals surface area contributed by atoms with Crippen LogP contribution in [0.15, 0.2) is 53.4 Å². The number of β-amino-alcohol motifs (C(OH)–C–C–N with tert-alkyl or cyclic N) is 1. The molecule has 1 heterocycles. The molecule has 1 amide bonds. The molecular weight excluding hydrogens is 404 g/mol. The maximum atomic E-state index is 12.9. The van der Waals surface area contributed by atoms with Crippen molar-refractivity contribution in [3.05, 3.63) is 59.1 Å². The summed E-state index contributed by atoms with van der Waals surface area (Å²) in [5.74, 6) is -0.651. The number of carbonyl (C=O) groups is 2. The van der Waals surface area contributed by atoms with E-state index in [1.165, 1.54) is 31.2 Å². The summed E-state index contributed by atoms with van der Waals surface area (Å²) in [5, 5.41) is 13.0. The minimum Gasteiger partial charge on any atom is -0.392 e. The SMILES string of the molecule is CC(=O)c1ccc(NC(=O)[C@H]2C[C@@H](O)CN2S(=O)(=O)c2ccc(Cl)cc2)cc1. The predicted molar refractivity (Wildman–Crippen MR) is 105 cm³/mol. The van der Waals surface area contributed by atoms with Crippen molar-refractivity contribution in [3.63, 3.8) is 0 Å². The Kier molecular flexibility index (Phi) is 5.85. The van der Waals surface area contributed by atoms with E-state index in [2.05, 4.69) is 5.32 Å². The Morgan fingerprint density at radius 1 is 1.11 bits per heavy atom. The average Bonchev–Trinajstić information content (AvgIpc) is 3.05. The Balaban J connectivity index is 1.82. The van der Waals surface area contributed by atoms with E-state index in [0.29, 0.717) is 16.3 Å². The van der Waals surface area contributed by atoms with Crippen molar-refractivity contribution in [2.75, 3.05) is 11.9 Å². The van der Waals surface area contributed by atoms with E-state index < -0.39 is 28.1 Å². The van der Waals surface area contributed by atoms with Gasteiger partial charge in [-0.15, -0.1) is 0 Å². The molecule has 7 nitrogen and oxygen atoms in total. The van der Waals surface area contributed by atoms with Gasteiger partial charge in [0.1, 0.15) is 6.04 Å². The summed E-state index contributed by atoms with van der Waals surface area (Å²) in [7, 11) is -3.98. The van der Waals surface area contributed by atoms with Gasteiger partial charge in [0.15, 0.2) is 5.78 Å². The van der Waals surface area contributed by atoms with Crippen molar-refractivity contribution in [1.82, 2.24) is 4.31 Å². The first-order valence-electron chi connectivity index (χ1n) is 8.56. The summed E-state index contributed by atoms with van der Waals surface area (Å²) in [5.41, 5.74) is 0.932. The van der Waals surface area contributed by atoms with Crippen molar-refractivity contribution < 1.29 is 23.1 Å². The zero-order valence-electron chi connectivity index (χ0n) is 15.0. The highest BCUT2D eigenvalue weighted by atomic mass is 35.5. The molecule has 148 valence electrons. The van der Waals surface area contributed by atoms with Crippen LogP contribution in [0, 0.1) is 0 Å². The fraction of sp³-hybridized carbons (Fsp3) is 0.263. The number of hydrogen-bond donors (Lipinski definition) is 2. The largest absolute Gasteiger partial charge is 0.392 e. The monoisotopic (exact) mass is 422 g/mol. The van der Waals surface area contributed by atoms with Gasteiger partial charge in [-0.3, -0.25) is 9.59 Å². The van der Waals surface area contributed by atoms with E-state index in [1.54, 1.807) is 24.3 Å². The number of halogens is 1. The fourth-order valence-electron chi connectivity index (χ4n) is 3.04. The lowest BCUT2D eigenvalue weighted by atomic mass is 10.1. The van der Waals surface area contributed by atoms with Crippen LogP contribution in [0.3, 0.4) is 0 Å². The highest BCUT2D eigenvalue weighted by molar-refractivity contribution is 7.89. The molecule has 1 aliphatic heterocycles. The van der Waals surface area contributed by atoms with Crippen LogP contribution < -0.4 is 5.32 Å². The highest BCUT2D eigenvalue weighted by Gasteiger charge is 2.43. The molecule has 2 aromatic rings. The molecule has 1 fully saturated rings. The molecule has 2 atom stereocenters. The Morgan fingerprint density at radius 3 is 2.29 bits per heavy atom. The number of anilines is 1. The van der Waals surface area contributed by atoms with Crippen LogP contribution in [0.1, 0.15) is 23.7 Å². The van der Waals surface area contributed by atoms with Crippen molar-refractivity contribution in [3.8, 4) is 0 Å². The second-order valence-electron chi connectivity index (χ2n) is 6.56. The number of nitrogens with one attached hydrogen (secondary N) is 1. The van der Waals surface area contributed by atoms with Gasteiger partial charge < -0.3 is 10.4 Å². The number of aliphatic hydroxyl groups is 1. The number of ketones is 1. The first kappa shape index (κ1) is 20.5. The maximum absolute atomic E-state index is 12.9. The van der Waals surface area contributed by atoms with E-state index in [4.69, 9.17) is 11.6 Å². The summed E-state index contributed by atoms with van der Waals surface area (Å²) in [6.07, 6.45) is -0.956. The van der Waals surface area contributed by atoms with E-state index in [-0.39, 0.29) is 23.6 Å². The van der Waals surface area contributed by atoms with Crippen molar-refractivity contribution in [2.24, 2.45) is 0 Å². The summed E-state index contributed by atoms with van der Waals surface area (Å²) in [6.45, 7) is 1.26. The molecule has 0 aliphatic carbocycles. The van der Waals surface area contributed by atoms with Gasteiger partial charge in [0.05, 0.1) is 11.0 Å². The number of amides is 1. The highest BCUT2D eigenvalue weighted by Crippen LogP contribution is 2.28. The Labute approximate surface area is 168 Å². The number of nitrogens with zero attached hydrogens (tertiary/aromatic N) is 1. The summed E-state index contributed by atoms with van der Waals surface area (Å²) in [6, 6.07) is 10.8. The molecule has 28 heavy (non-hydrogen) atoms. The van der Waals surface area contributed by atoms with Crippen LogP contribution in [0.5, 0.6) is 0 Å². The number of carbonyl (C=O) groups excluding carboxylic acids is 2.